The molecule has 0 spiro atoms. The molecule has 2 amide bonds. The van der Waals surface area contributed by atoms with Crippen LogP contribution in [0.1, 0.15) is 32.3 Å². The Morgan fingerprint density at radius 1 is 1.22 bits per heavy atom. The maximum atomic E-state index is 13.7. The Hall–Kier alpha value is -3.97. The number of pyridine rings is 1. The van der Waals surface area contributed by atoms with E-state index < -0.39 is 40.1 Å². The van der Waals surface area contributed by atoms with E-state index in [2.05, 4.69) is 10.3 Å². The molecule has 3 unspecified atom stereocenters. The minimum Gasteiger partial charge on any atom is -0.497 e. The first-order chi connectivity index (χ1) is 19.6. The molecule has 2 aromatic heterocycles. The predicted octanol–water partition coefficient (Wildman–Crippen LogP) is 2.72. The van der Waals surface area contributed by atoms with Crippen LogP contribution in [0.4, 0.5) is 4.79 Å². The zero-order valence-electron chi connectivity index (χ0n) is 23.0. The van der Waals surface area contributed by atoms with Crippen LogP contribution in [0.25, 0.3) is 11.0 Å². The van der Waals surface area contributed by atoms with Crippen molar-refractivity contribution < 1.29 is 36.7 Å². The number of rotatable bonds is 9. The number of sulfonamides is 1. The molecule has 0 saturated carbocycles. The van der Waals surface area contributed by atoms with E-state index in [1.54, 1.807) is 49.7 Å². The maximum absolute atomic E-state index is 13.7. The molecule has 12 nitrogen and oxygen atoms in total. The second-order valence-electron chi connectivity index (χ2n) is 10.6. The van der Waals surface area contributed by atoms with Gasteiger partial charge in [0.05, 0.1) is 25.4 Å². The number of carbonyl (C=O) groups excluding carboxylic acids is 3. The van der Waals surface area contributed by atoms with Gasteiger partial charge in [0.25, 0.3) is 5.95 Å². The number of fused-ring (bicyclic) bond motifs is 2. The number of aromatic nitrogens is 1. The number of ketones is 1. The number of benzene rings is 1. The molecule has 4 heterocycles. The number of hydrogen-bond donors (Lipinski definition) is 1. The van der Waals surface area contributed by atoms with Gasteiger partial charge in [-0.05, 0) is 48.6 Å². The molecule has 2 aliphatic heterocycles. The van der Waals surface area contributed by atoms with Gasteiger partial charge in [-0.2, -0.15) is 4.31 Å². The number of hydrogen-bond acceptors (Lipinski definition) is 9. The first-order valence-corrected chi connectivity index (χ1v) is 14.9. The highest BCUT2D eigenvalue weighted by Gasteiger charge is 2.54. The Morgan fingerprint density at radius 3 is 2.73 bits per heavy atom. The Bertz CT molecular complexity index is 1560. The lowest BCUT2D eigenvalue weighted by Gasteiger charge is -2.28. The fraction of sp³-hybridized carbons (Fsp3) is 0.429. The van der Waals surface area contributed by atoms with Crippen LogP contribution in [-0.4, -0.2) is 78.7 Å². The van der Waals surface area contributed by atoms with Gasteiger partial charge in [0, 0.05) is 30.4 Å². The van der Waals surface area contributed by atoms with E-state index in [9.17, 15) is 22.8 Å². The molecular weight excluding hydrogens is 552 g/mol. The number of furan rings is 1. The van der Waals surface area contributed by atoms with Crippen molar-refractivity contribution in [3.63, 3.8) is 0 Å². The average molecular weight is 585 g/mol. The fourth-order valence-electron chi connectivity index (χ4n) is 5.49. The van der Waals surface area contributed by atoms with Gasteiger partial charge in [0.1, 0.15) is 23.4 Å². The van der Waals surface area contributed by atoms with Crippen LogP contribution in [0.2, 0.25) is 0 Å². The van der Waals surface area contributed by atoms with E-state index >= 15 is 0 Å². The van der Waals surface area contributed by atoms with Crippen LogP contribution in [0, 0.1) is 5.92 Å². The Kier molecular flexibility index (Phi) is 8.00. The molecule has 0 aliphatic carbocycles. The molecule has 1 aromatic carbocycles. The first-order valence-electron chi connectivity index (χ1n) is 13.3. The van der Waals surface area contributed by atoms with Crippen molar-refractivity contribution in [3.8, 4) is 11.7 Å². The third kappa shape index (κ3) is 6.05. The van der Waals surface area contributed by atoms with Crippen molar-refractivity contribution in [1.82, 2.24) is 19.5 Å². The number of carbonyl (C=O) groups is 3. The third-order valence-corrected chi connectivity index (χ3v) is 9.09. The smallest absolute Gasteiger partial charge is 0.415 e. The van der Waals surface area contributed by atoms with Crippen LogP contribution < -0.4 is 14.8 Å². The van der Waals surface area contributed by atoms with Crippen molar-refractivity contribution in [2.24, 2.45) is 5.92 Å². The molecular formula is C28H32N4O8S. The zero-order chi connectivity index (χ0) is 29.3. The van der Waals surface area contributed by atoms with E-state index in [0.29, 0.717) is 28.7 Å². The standard InChI is InChI=1S/C28H32N4O8S/c1-17(2)11-21(30-28(35)40-25-13-19-12-20(38-3)6-7-24(19)39-25)27(34)31-10-8-22-26(31)23(33)15-32(22)41(36,37)16-18-5-4-9-29-14-18/h4-7,9,12-14,17,21-22,26H,8,10-11,15-16H2,1-3H3,(H,30,35). The van der Waals surface area contributed by atoms with Gasteiger partial charge >= 0.3 is 6.09 Å². The number of nitrogens with one attached hydrogen (secondary N) is 1. The Balaban J connectivity index is 1.28. The van der Waals surface area contributed by atoms with Crippen molar-refractivity contribution in [2.45, 2.75) is 50.6 Å². The topological polar surface area (TPSA) is 148 Å². The normalized spacial score (nSPS) is 19.9. The molecule has 0 radical (unpaired) electrons. The molecule has 3 atom stereocenters. The minimum atomic E-state index is -3.83. The zero-order valence-corrected chi connectivity index (χ0v) is 23.8. The highest BCUT2D eigenvalue weighted by atomic mass is 32.2. The van der Waals surface area contributed by atoms with Crippen molar-refractivity contribution in [2.75, 3.05) is 20.2 Å². The number of likely N-dealkylation sites (tertiary alicyclic amines) is 1. The monoisotopic (exact) mass is 584 g/mol. The highest BCUT2D eigenvalue weighted by Crippen LogP contribution is 2.34. The largest absolute Gasteiger partial charge is 0.497 e. The van der Waals surface area contributed by atoms with Crippen LogP contribution in [-0.2, 0) is 25.4 Å². The van der Waals surface area contributed by atoms with E-state index in [4.69, 9.17) is 13.9 Å². The molecule has 5 rings (SSSR count). The lowest BCUT2D eigenvalue weighted by atomic mass is 10.0. The van der Waals surface area contributed by atoms with E-state index in [-0.39, 0.29) is 42.9 Å². The second kappa shape index (κ2) is 11.5. The summed E-state index contributed by atoms with van der Waals surface area (Å²) in [6.07, 6.45) is 2.74. The van der Waals surface area contributed by atoms with Gasteiger partial charge in [-0.25, -0.2) is 13.2 Å². The Morgan fingerprint density at radius 2 is 2.02 bits per heavy atom. The van der Waals surface area contributed by atoms with Gasteiger partial charge in [-0.1, -0.05) is 19.9 Å². The summed E-state index contributed by atoms with van der Waals surface area (Å²) in [6, 6.07) is 7.43. The number of methoxy groups -OCH3 is 1. The van der Waals surface area contributed by atoms with Gasteiger partial charge in [0.15, 0.2) is 5.78 Å². The molecule has 218 valence electrons. The molecule has 13 heteroatoms. The van der Waals surface area contributed by atoms with Gasteiger partial charge in [0.2, 0.25) is 15.9 Å². The summed E-state index contributed by atoms with van der Waals surface area (Å²) < 4.78 is 43.8. The van der Waals surface area contributed by atoms with Gasteiger partial charge in [-0.15, -0.1) is 0 Å². The Labute approximate surface area is 237 Å². The van der Waals surface area contributed by atoms with Crippen LogP contribution in [0.15, 0.2) is 53.2 Å². The lowest BCUT2D eigenvalue weighted by Crippen LogP contribution is -2.53. The maximum Gasteiger partial charge on any atom is 0.415 e. The van der Waals surface area contributed by atoms with E-state index in [1.807, 2.05) is 13.8 Å². The summed E-state index contributed by atoms with van der Waals surface area (Å²) in [6.45, 7) is 3.69. The summed E-state index contributed by atoms with van der Waals surface area (Å²) in [4.78, 5) is 45.0. The number of nitrogens with zero attached hydrogens (tertiary/aromatic N) is 3. The average Bonchev–Trinajstić information content (AvgIpc) is 3.62. The molecule has 2 saturated heterocycles. The van der Waals surface area contributed by atoms with E-state index in [1.165, 1.54) is 15.4 Å². The number of amides is 2. The predicted molar refractivity (Wildman–Crippen MR) is 148 cm³/mol. The minimum absolute atomic E-state index is 0.0250. The SMILES string of the molecule is COc1ccc2oc(OC(=O)NC(CC(C)C)C(=O)N3CCC4C3C(=O)CN4S(=O)(=O)Cc3cccnc3)cc2c1. The van der Waals surface area contributed by atoms with Crippen molar-refractivity contribution in [1.29, 1.82) is 0 Å². The fourth-order valence-corrected chi connectivity index (χ4v) is 7.20. The molecule has 2 aliphatic rings. The van der Waals surface area contributed by atoms with Crippen molar-refractivity contribution in [3.05, 3.63) is 54.4 Å². The summed E-state index contributed by atoms with van der Waals surface area (Å²) in [5.41, 5.74) is 1.01. The summed E-state index contributed by atoms with van der Waals surface area (Å²) in [5, 5.41) is 3.30. The molecule has 3 aromatic rings. The summed E-state index contributed by atoms with van der Waals surface area (Å²) in [5.74, 6) is -0.508. The molecule has 41 heavy (non-hydrogen) atoms. The van der Waals surface area contributed by atoms with Crippen molar-refractivity contribution >= 4 is 38.8 Å². The van der Waals surface area contributed by atoms with Gasteiger partial charge < -0.3 is 24.1 Å². The van der Waals surface area contributed by atoms with Crippen LogP contribution in [0.3, 0.4) is 0 Å². The third-order valence-electron chi connectivity index (χ3n) is 7.28. The van der Waals surface area contributed by atoms with Crippen LogP contribution >= 0.6 is 0 Å². The van der Waals surface area contributed by atoms with Gasteiger partial charge in [-0.3, -0.25) is 14.6 Å². The summed E-state index contributed by atoms with van der Waals surface area (Å²) in [7, 11) is -2.29. The van der Waals surface area contributed by atoms with E-state index in [0.717, 1.165) is 0 Å². The molecule has 2 fully saturated rings. The molecule has 1 N–H and O–H groups in total. The summed E-state index contributed by atoms with van der Waals surface area (Å²) >= 11 is 0. The number of ether oxygens (including phenoxy) is 2. The second-order valence-corrected chi connectivity index (χ2v) is 12.6. The van der Waals surface area contributed by atoms with Crippen LogP contribution in [0.5, 0.6) is 11.7 Å². The quantitative estimate of drug-likeness (QED) is 0.401. The number of Topliss-reactive ketones (excluding diaryl/α,β-unsaturated/α-hetero) is 1. The lowest BCUT2D eigenvalue weighted by molar-refractivity contribution is -0.138. The highest BCUT2D eigenvalue weighted by molar-refractivity contribution is 7.88. The molecule has 0 bridgehead atoms. The first kappa shape index (κ1) is 28.6.